The highest BCUT2D eigenvalue weighted by molar-refractivity contribution is 6.39. The number of rotatable bonds is 8. The largest absolute Gasteiger partial charge is 0.483 e. The number of anilines is 2. The smallest absolute Gasteiger partial charge is 0.329 e. The fraction of sp³-hybridized carbons (Fsp3) is 0.214. The number of benzene rings is 3. The zero-order valence-electron chi connectivity index (χ0n) is 20.8. The van der Waals surface area contributed by atoms with Crippen LogP contribution in [0, 0.1) is 20.8 Å². The summed E-state index contributed by atoms with van der Waals surface area (Å²) in [5.74, 6) is -1.64. The normalized spacial score (nSPS) is 10.7. The second-order valence-electron chi connectivity index (χ2n) is 8.35. The Kier molecular flexibility index (Phi) is 8.94. The van der Waals surface area contributed by atoms with Crippen LogP contribution in [0.25, 0.3) is 0 Å². The molecule has 0 saturated carbocycles. The van der Waals surface area contributed by atoms with Crippen molar-refractivity contribution in [3.63, 3.8) is 0 Å². The fourth-order valence-electron chi connectivity index (χ4n) is 3.64. The maximum Gasteiger partial charge on any atom is 0.329 e. The molecule has 3 aromatic carbocycles. The lowest BCUT2D eigenvalue weighted by Crippen LogP contribution is -2.32. The minimum atomic E-state index is -0.910. The lowest BCUT2D eigenvalue weighted by Gasteiger charge is -2.14. The molecule has 0 aliphatic heterocycles. The number of para-hydroxylation sites is 1. The zero-order chi connectivity index (χ0) is 26.1. The number of carbonyl (C=O) groups excluding carboxylic acids is 3. The molecule has 0 saturated heterocycles. The standard InChI is InChI=1S/C28H30N4O4/c1-5-21-10-12-23(13-11-21)30-27(34)28(35)32-29-16-22-8-6-7-9-24(22)36-17-25(33)31-26-19(3)14-18(2)15-20(26)4/h6-16H,5,17H2,1-4H3,(H,30,34)(H,31,33)(H,32,35)/b29-16-. The first-order valence-corrected chi connectivity index (χ1v) is 11.6. The van der Waals surface area contributed by atoms with Crippen LogP contribution in [0.2, 0.25) is 0 Å². The Labute approximate surface area is 210 Å². The molecule has 0 fully saturated rings. The summed E-state index contributed by atoms with van der Waals surface area (Å²) in [4.78, 5) is 36.7. The number of hydrogen-bond donors (Lipinski definition) is 3. The van der Waals surface area contributed by atoms with Gasteiger partial charge in [-0.15, -0.1) is 0 Å². The molecule has 3 N–H and O–H groups in total. The van der Waals surface area contributed by atoms with Gasteiger partial charge in [-0.3, -0.25) is 14.4 Å². The number of carbonyl (C=O) groups is 3. The van der Waals surface area contributed by atoms with Gasteiger partial charge in [0.25, 0.3) is 5.91 Å². The Morgan fingerprint density at radius 2 is 1.56 bits per heavy atom. The van der Waals surface area contributed by atoms with Gasteiger partial charge in [-0.05, 0) is 68.1 Å². The molecule has 0 spiro atoms. The summed E-state index contributed by atoms with van der Waals surface area (Å²) in [5, 5.41) is 9.27. The van der Waals surface area contributed by atoms with Crippen molar-refractivity contribution < 1.29 is 19.1 Å². The van der Waals surface area contributed by atoms with E-state index in [2.05, 4.69) is 21.2 Å². The van der Waals surface area contributed by atoms with Crippen LogP contribution in [0.3, 0.4) is 0 Å². The summed E-state index contributed by atoms with van der Waals surface area (Å²) >= 11 is 0. The van der Waals surface area contributed by atoms with Gasteiger partial charge in [-0.25, -0.2) is 5.43 Å². The third kappa shape index (κ3) is 7.27. The topological polar surface area (TPSA) is 109 Å². The third-order valence-electron chi connectivity index (χ3n) is 5.42. The van der Waals surface area contributed by atoms with Gasteiger partial charge < -0.3 is 15.4 Å². The molecule has 8 nitrogen and oxygen atoms in total. The highest BCUT2D eigenvalue weighted by Crippen LogP contribution is 2.22. The molecule has 0 heterocycles. The van der Waals surface area contributed by atoms with Crippen LogP contribution in [0.4, 0.5) is 11.4 Å². The van der Waals surface area contributed by atoms with E-state index in [9.17, 15) is 14.4 Å². The average molecular weight is 487 g/mol. The van der Waals surface area contributed by atoms with Gasteiger partial charge in [0.1, 0.15) is 5.75 Å². The van der Waals surface area contributed by atoms with Gasteiger partial charge in [0.15, 0.2) is 6.61 Å². The van der Waals surface area contributed by atoms with Gasteiger partial charge >= 0.3 is 11.8 Å². The number of aryl methyl sites for hydroxylation is 4. The summed E-state index contributed by atoms with van der Waals surface area (Å²) in [6, 6.07) is 18.2. The van der Waals surface area contributed by atoms with Crippen molar-refractivity contribution in [1.82, 2.24) is 5.43 Å². The molecule has 0 aromatic heterocycles. The Morgan fingerprint density at radius 1 is 0.889 bits per heavy atom. The maximum absolute atomic E-state index is 12.5. The fourth-order valence-corrected chi connectivity index (χ4v) is 3.64. The van der Waals surface area contributed by atoms with Crippen LogP contribution in [0.5, 0.6) is 5.75 Å². The summed E-state index contributed by atoms with van der Waals surface area (Å²) in [5.41, 5.74) is 8.23. The Balaban J connectivity index is 1.55. The van der Waals surface area contributed by atoms with E-state index in [1.165, 1.54) is 6.21 Å². The highest BCUT2D eigenvalue weighted by atomic mass is 16.5. The molecule has 3 amide bonds. The second-order valence-corrected chi connectivity index (χ2v) is 8.35. The average Bonchev–Trinajstić information content (AvgIpc) is 2.86. The zero-order valence-corrected chi connectivity index (χ0v) is 20.8. The van der Waals surface area contributed by atoms with Crippen LogP contribution >= 0.6 is 0 Å². The van der Waals surface area contributed by atoms with E-state index in [1.807, 2.05) is 52.0 Å². The molecular weight excluding hydrogens is 456 g/mol. The second kappa shape index (κ2) is 12.3. The molecule has 0 atom stereocenters. The predicted molar refractivity (Wildman–Crippen MR) is 141 cm³/mol. The summed E-state index contributed by atoms with van der Waals surface area (Å²) < 4.78 is 5.68. The van der Waals surface area contributed by atoms with Crippen LogP contribution < -0.4 is 20.8 Å². The molecule has 0 aliphatic rings. The first-order chi connectivity index (χ1) is 17.3. The number of hydrazone groups is 1. The summed E-state index contributed by atoms with van der Waals surface area (Å²) in [6.45, 7) is 7.72. The Morgan fingerprint density at radius 3 is 2.22 bits per heavy atom. The van der Waals surface area contributed by atoms with E-state index in [0.717, 1.165) is 34.4 Å². The van der Waals surface area contributed by atoms with E-state index in [1.54, 1.807) is 36.4 Å². The molecule has 0 unspecified atom stereocenters. The van der Waals surface area contributed by atoms with Crippen molar-refractivity contribution >= 4 is 35.3 Å². The maximum atomic E-state index is 12.5. The Hall–Kier alpha value is -4.46. The van der Waals surface area contributed by atoms with Gasteiger partial charge in [0.2, 0.25) is 0 Å². The summed E-state index contributed by atoms with van der Waals surface area (Å²) in [7, 11) is 0. The van der Waals surface area contributed by atoms with Crippen LogP contribution in [0.15, 0.2) is 65.8 Å². The predicted octanol–water partition coefficient (Wildman–Crippen LogP) is 4.28. The molecule has 3 aromatic rings. The first-order valence-electron chi connectivity index (χ1n) is 11.6. The third-order valence-corrected chi connectivity index (χ3v) is 5.42. The van der Waals surface area contributed by atoms with Crippen LogP contribution in [0.1, 0.15) is 34.7 Å². The van der Waals surface area contributed by atoms with Crippen LogP contribution in [-0.4, -0.2) is 30.5 Å². The minimum absolute atomic E-state index is 0.205. The van der Waals surface area contributed by atoms with Crippen molar-refractivity contribution in [1.29, 1.82) is 0 Å². The number of ether oxygens (including phenoxy) is 1. The molecule has 0 radical (unpaired) electrons. The van der Waals surface area contributed by atoms with E-state index in [-0.39, 0.29) is 12.5 Å². The van der Waals surface area contributed by atoms with E-state index in [0.29, 0.717) is 17.0 Å². The molecule has 186 valence electrons. The quantitative estimate of drug-likeness (QED) is 0.251. The number of hydrogen-bond acceptors (Lipinski definition) is 5. The lowest BCUT2D eigenvalue weighted by atomic mass is 10.1. The number of nitrogens with one attached hydrogen (secondary N) is 3. The van der Waals surface area contributed by atoms with Gasteiger partial charge in [-0.2, -0.15) is 5.10 Å². The van der Waals surface area contributed by atoms with Gasteiger partial charge in [0.05, 0.1) is 6.21 Å². The van der Waals surface area contributed by atoms with Crippen molar-refractivity contribution in [2.75, 3.05) is 17.2 Å². The van der Waals surface area contributed by atoms with Crippen molar-refractivity contribution in [3.8, 4) is 5.75 Å². The van der Waals surface area contributed by atoms with Crippen LogP contribution in [-0.2, 0) is 20.8 Å². The molecule has 8 heteroatoms. The number of amides is 3. The van der Waals surface area contributed by atoms with E-state index < -0.39 is 11.8 Å². The van der Waals surface area contributed by atoms with Gasteiger partial charge in [-0.1, -0.05) is 48.9 Å². The minimum Gasteiger partial charge on any atom is -0.483 e. The van der Waals surface area contributed by atoms with E-state index >= 15 is 0 Å². The monoisotopic (exact) mass is 486 g/mol. The highest BCUT2D eigenvalue weighted by Gasteiger charge is 2.13. The summed E-state index contributed by atoms with van der Waals surface area (Å²) in [6.07, 6.45) is 2.23. The molecule has 0 bridgehead atoms. The Bertz CT molecular complexity index is 1260. The first kappa shape index (κ1) is 26.2. The van der Waals surface area contributed by atoms with Crippen molar-refractivity contribution in [2.45, 2.75) is 34.1 Å². The van der Waals surface area contributed by atoms with E-state index in [4.69, 9.17) is 4.74 Å². The lowest BCUT2D eigenvalue weighted by molar-refractivity contribution is -0.136. The van der Waals surface area contributed by atoms with Crippen molar-refractivity contribution in [3.05, 3.63) is 88.5 Å². The SMILES string of the molecule is CCc1ccc(NC(=O)C(=O)N/N=C\c2ccccc2OCC(=O)Nc2c(C)cc(C)cc2C)cc1. The van der Waals surface area contributed by atoms with Gasteiger partial charge in [0, 0.05) is 16.9 Å². The molecule has 0 aliphatic carbocycles. The molecule has 36 heavy (non-hydrogen) atoms. The van der Waals surface area contributed by atoms with Crippen molar-refractivity contribution in [2.24, 2.45) is 5.10 Å². The molecule has 3 rings (SSSR count). The number of nitrogens with zero attached hydrogens (tertiary/aromatic N) is 1. The molecular formula is C28H30N4O4.